The van der Waals surface area contributed by atoms with Crippen molar-refractivity contribution in [2.75, 3.05) is 6.54 Å². The van der Waals surface area contributed by atoms with Crippen LogP contribution >= 0.6 is 0 Å². The Bertz CT molecular complexity index is 161. The van der Waals surface area contributed by atoms with Crippen LogP contribution in [0.4, 0.5) is 0 Å². The standard InChI is InChI=1S/C9H19N3/c1-3-11-9(10)12-7(2)6-8-4-5-8/h7-8H,3-6H2,1-2H3,(H3,10,11,12). The quantitative estimate of drug-likeness (QED) is 0.489. The van der Waals surface area contributed by atoms with Gasteiger partial charge in [-0.2, -0.15) is 0 Å². The lowest BCUT2D eigenvalue weighted by molar-refractivity contribution is 0.560. The van der Waals surface area contributed by atoms with E-state index in [9.17, 15) is 0 Å². The number of nitrogens with one attached hydrogen (secondary N) is 1. The average molecular weight is 169 g/mol. The van der Waals surface area contributed by atoms with Gasteiger partial charge in [-0.1, -0.05) is 12.8 Å². The Hall–Kier alpha value is -0.730. The molecule has 1 saturated carbocycles. The Morgan fingerprint density at radius 2 is 2.33 bits per heavy atom. The van der Waals surface area contributed by atoms with E-state index in [-0.39, 0.29) is 0 Å². The number of guanidine groups is 1. The normalized spacial score (nSPS) is 20.7. The Morgan fingerprint density at radius 1 is 1.67 bits per heavy atom. The second-order valence-electron chi connectivity index (χ2n) is 3.58. The minimum atomic E-state index is 0.479. The van der Waals surface area contributed by atoms with Gasteiger partial charge in [0, 0.05) is 12.6 Å². The fraction of sp³-hybridized carbons (Fsp3) is 0.889. The molecule has 1 aliphatic carbocycles. The first-order valence-corrected chi connectivity index (χ1v) is 4.78. The summed E-state index contributed by atoms with van der Waals surface area (Å²) in [6, 6.07) is 0.479. The van der Waals surface area contributed by atoms with E-state index in [0.717, 1.165) is 12.5 Å². The molecule has 0 saturated heterocycles. The molecule has 0 aromatic rings. The molecule has 1 unspecified atom stereocenters. The Kier molecular flexibility index (Phi) is 3.38. The monoisotopic (exact) mass is 169 g/mol. The number of rotatable bonds is 4. The molecule has 3 N–H and O–H groups in total. The molecule has 1 aliphatic rings. The summed E-state index contributed by atoms with van der Waals surface area (Å²) in [7, 11) is 0. The SMILES string of the molecule is CCN=C(N)NC(C)CC1CC1. The van der Waals surface area contributed by atoms with Crippen molar-refractivity contribution < 1.29 is 0 Å². The fourth-order valence-corrected chi connectivity index (χ4v) is 1.38. The van der Waals surface area contributed by atoms with Gasteiger partial charge in [-0.05, 0) is 26.2 Å². The first kappa shape index (κ1) is 9.36. The third-order valence-electron chi connectivity index (χ3n) is 2.11. The van der Waals surface area contributed by atoms with E-state index >= 15 is 0 Å². The topological polar surface area (TPSA) is 50.4 Å². The maximum absolute atomic E-state index is 5.62. The average Bonchev–Trinajstić information content (AvgIpc) is 2.71. The highest BCUT2D eigenvalue weighted by molar-refractivity contribution is 5.78. The third-order valence-corrected chi connectivity index (χ3v) is 2.11. The zero-order valence-electron chi connectivity index (χ0n) is 8.01. The zero-order chi connectivity index (χ0) is 8.97. The molecule has 0 bridgehead atoms. The van der Waals surface area contributed by atoms with Crippen LogP contribution in [0.3, 0.4) is 0 Å². The Labute approximate surface area is 74.4 Å². The Morgan fingerprint density at radius 3 is 2.83 bits per heavy atom. The van der Waals surface area contributed by atoms with E-state index in [0.29, 0.717) is 12.0 Å². The van der Waals surface area contributed by atoms with Crippen molar-refractivity contribution in [2.24, 2.45) is 16.6 Å². The number of aliphatic imine (C=N–C) groups is 1. The van der Waals surface area contributed by atoms with Crippen LogP contribution in [0.5, 0.6) is 0 Å². The van der Waals surface area contributed by atoms with E-state index in [2.05, 4.69) is 17.2 Å². The van der Waals surface area contributed by atoms with Crippen LogP contribution in [0.1, 0.15) is 33.1 Å². The molecule has 0 aromatic carbocycles. The predicted octanol–water partition coefficient (Wildman–Crippen LogP) is 1.10. The summed E-state index contributed by atoms with van der Waals surface area (Å²) < 4.78 is 0. The van der Waals surface area contributed by atoms with Crippen LogP contribution < -0.4 is 11.1 Å². The maximum atomic E-state index is 5.62. The largest absolute Gasteiger partial charge is 0.370 e. The molecule has 0 amide bonds. The van der Waals surface area contributed by atoms with E-state index < -0.39 is 0 Å². The van der Waals surface area contributed by atoms with Gasteiger partial charge >= 0.3 is 0 Å². The summed E-state index contributed by atoms with van der Waals surface area (Å²) >= 11 is 0. The van der Waals surface area contributed by atoms with Gasteiger partial charge in [0.2, 0.25) is 0 Å². The van der Waals surface area contributed by atoms with Gasteiger partial charge in [-0.25, -0.2) is 0 Å². The first-order chi connectivity index (χ1) is 5.72. The lowest BCUT2D eigenvalue weighted by Crippen LogP contribution is -2.38. The number of hydrogen-bond acceptors (Lipinski definition) is 1. The molecule has 3 nitrogen and oxygen atoms in total. The smallest absolute Gasteiger partial charge is 0.188 e. The third kappa shape index (κ3) is 3.60. The second kappa shape index (κ2) is 4.33. The van der Waals surface area contributed by atoms with Gasteiger partial charge in [0.25, 0.3) is 0 Å². The van der Waals surface area contributed by atoms with E-state index in [1.807, 2.05) is 6.92 Å². The van der Waals surface area contributed by atoms with E-state index in [1.54, 1.807) is 0 Å². The number of nitrogens with two attached hydrogens (primary N) is 1. The Balaban J connectivity index is 2.14. The summed E-state index contributed by atoms with van der Waals surface area (Å²) in [4.78, 5) is 4.08. The van der Waals surface area contributed by atoms with E-state index in [4.69, 9.17) is 5.73 Å². The van der Waals surface area contributed by atoms with Crippen molar-refractivity contribution in [3.8, 4) is 0 Å². The molecule has 0 spiro atoms. The van der Waals surface area contributed by atoms with Crippen molar-refractivity contribution in [3.05, 3.63) is 0 Å². The molecule has 3 heteroatoms. The lowest BCUT2D eigenvalue weighted by atomic mass is 10.2. The van der Waals surface area contributed by atoms with Gasteiger partial charge < -0.3 is 11.1 Å². The highest BCUT2D eigenvalue weighted by atomic mass is 15.1. The molecule has 0 heterocycles. The van der Waals surface area contributed by atoms with E-state index in [1.165, 1.54) is 19.3 Å². The molecular weight excluding hydrogens is 150 g/mol. The van der Waals surface area contributed by atoms with Crippen molar-refractivity contribution in [1.82, 2.24) is 5.32 Å². The van der Waals surface area contributed by atoms with Crippen LogP contribution in [0.25, 0.3) is 0 Å². The number of nitrogens with zero attached hydrogens (tertiary/aromatic N) is 1. The van der Waals surface area contributed by atoms with Crippen LogP contribution in [-0.2, 0) is 0 Å². The summed E-state index contributed by atoms with van der Waals surface area (Å²) in [6.45, 7) is 4.91. The van der Waals surface area contributed by atoms with Crippen molar-refractivity contribution in [1.29, 1.82) is 0 Å². The molecule has 12 heavy (non-hydrogen) atoms. The summed E-state index contributed by atoms with van der Waals surface area (Å²) in [6.07, 6.45) is 4.04. The summed E-state index contributed by atoms with van der Waals surface area (Å²) in [5.41, 5.74) is 5.62. The second-order valence-corrected chi connectivity index (χ2v) is 3.58. The van der Waals surface area contributed by atoms with Gasteiger partial charge in [0.05, 0.1) is 0 Å². The van der Waals surface area contributed by atoms with Crippen molar-refractivity contribution in [2.45, 2.75) is 39.2 Å². The molecule has 1 rings (SSSR count). The molecule has 0 radical (unpaired) electrons. The van der Waals surface area contributed by atoms with Crippen molar-refractivity contribution >= 4 is 5.96 Å². The summed E-state index contributed by atoms with van der Waals surface area (Å²) in [5, 5.41) is 3.18. The lowest BCUT2D eigenvalue weighted by Gasteiger charge is -2.13. The highest BCUT2D eigenvalue weighted by Gasteiger charge is 2.23. The molecular formula is C9H19N3. The molecule has 0 aromatic heterocycles. The zero-order valence-corrected chi connectivity index (χ0v) is 8.01. The van der Waals surface area contributed by atoms with Gasteiger partial charge in [0.15, 0.2) is 5.96 Å². The van der Waals surface area contributed by atoms with Crippen LogP contribution in [0.2, 0.25) is 0 Å². The molecule has 70 valence electrons. The molecule has 1 atom stereocenters. The minimum Gasteiger partial charge on any atom is -0.370 e. The van der Waals surface area contributed by atoms with Crippen LogP contribution in [-0.4, -0.2) is 18.5 Å². The highest BCUT2D eigenvalue weighted by Crippen LogP contribution is 2.33. The summed E-state index contributed by atoms with van der Waals surface area (Å²) in [5.74, 6) is 1.53. The molecule has 1 fully saturated rings. The van der Waals surface area contributed by atoms with Crippen LogP contribution in [0.15, 0.2) is 4.99 Å². The predicted molar refractivity (Wildman–Crippen MR) is 52.1 cm³/mol. The van der Waals surface area contributed by atoms with Gasteiger partial charge in [0.1, 0.15) is 0 Å². The van der Waals surface area contributed by atoms with Crippen molar-refractivity contribution in [3.63, 3.8) is 0 Å². The molecule has 0 aliphatic heterocycles. The minimum absolute atomic E-state index is 0.479. The van der Waals surface area contributed by atoms with Gasteiger partial charge in [-0.3, -0.25) is 4.99 Å². The van der Waals surface area contributed by atoms with Gasteiger partial charge in [-0.15, -0.1) is 0 Å². The number of hydrogen-bond donors (Lipinski definition) is 2. The maximum Gasteiger partial charge on any atom is 0.188 e. The first-order valence-electron chi connectivity index (χ1n) is 4.78. The fourth-order valence-electron chi connectivity index (χ4n) is 1.38. The van der Waals surface area contributed by atoms with Crippen LogP contribution in [0, 0.1) is 5.92 Å².